The summed E-state index contributed by atoms with van der Waals surface area (Å²) < 4.78 is 16.1. The van der Waals surface area contributed by atoms with Gasteiger partial charge in [-0.25, -0.2) is 14.8 Å². The van der Waals surface area contributed by atoms with Crippen LogP contribution < -0.4 is 14.8 Å². The van der Waals surface area contributed by atoms with Crippen molar-refractivity contribution in [1.82, 2.24) is 9.97 Å². The van der Waals surface area contributed by atoms with Crippen LogP contribution in [0.25, 0.3) is 44.2 Å². The van der Waals surface area contributed by atoms with Crippen molar-refractivity contribution in [1.29, 1.82) is 0 Å². The van der Waals surface area contributed by atoms with E-state index in [1.807, 2.05) is 84.2 Å². The molecule has 6 rings (SSSR count). The van der Waals surface area contributed by atoms with Gasteiger partial charge in [0.25, 0.3) is 5.91 Å². The molecule has 42 heavy (non-hydrogen) atoms. The minimum atomic E-state index is -0.615. The minimum Gasteiger partial charge on any atom is -0.493 e. The Morgan fingerprint density at radius 2 is 1.55 bits per heavy atom. The highest BCUT2D eigenvalue weighted by molar-refractivity contribution is 7.14. The number of pyridine rings is 1. The van der Waals surface area contributed by atoms with Crippen molar-refractivity contribution in [2.75, 3.05) is 26.1 Å². The highest BCUT2D eigenvalue weighted by Crippen LogP contribution is 2.34. The molecule has 0 atom stereocenters. The average Bonchev–Trinajstić information content (AvgIpc) is 3.50. The van der Waals surface area contributed by atoms with E-state index in [1.54, 1.807) is 26.4 Å². The third-order valence-corrected chi connectivity index (χ3v) is 7.52. The van der Waals surface area contributed by atoms with Gasteiger partial charge in [-0.15, -0.1) is 11.3 Å². The van der Waals surface area contributed by atoms with Gasteiger partial charge in [-0.2, -0.15) is 0 Å². The molecule has 4 aromatic carbocycles. The molecule has 0 radical (unpaired) electrons. The van der Waals surface area contributed by atoms with Gasteiger partial charge < -0.3 is 14.2 Å². The van der Waals surface area contributed by atoms with Gasteiger partial charge in [0.15, 0.2) is 23.2 Å². The summed E-state index contributed by atoms with van der Waals surface area (Å²) in [6, 6.07) is 28.6. The number of aromatic nitrogens is 2. The fourth-order valence-corrected chi connectivity index (χ4v) is 5.49. The Morgan fingerprint density at radius 1 is 0.786 bits per heavy atom. The number of rotatable bonds is 8. The number of nitrogens with zero attached hydrogens (tertiary/aromatic N) is 2. The maximum absolute atomic E-state index is 13.3. The second-order valence-corrected chi connectivity index (χ2v) is 10.2. The molecule has 0 aliphatic carbocycles. The molecule has 0 aliphatic heterocycles. The molecule has 2 heterocycles. The lowest BCUT2D eigenvalue weighted by Crippen LogP contribution is -2.21. The SMILES string of the molecule is COc1ccc(-c2csc(NC(=O)COC(=O)c3cc(-c4cccc5ccccc45)nc4ccccc34)n2)cc1OC. The molecule has 2 aromatic heterocycles. The standard InChI is InChI=1S/C33H25N3O5S/c1-39-29-15-14-21(16-30(29)40-2)28-19-42-33(35-28)36-31(37)18-41-32(38)25-17-27(34-26-13-6-5-11-24(25)26)23-12-7-9-20-8-3-4-10-22(20)23/h3-17,19H,18H2,1-2H3,(H,35,36,37). The van der Waals surface area contributed by atoms with Crippen LogP contribution in [-0.4, -0.2) is 42.7 Å². The molecular formula is C33H25N3O5S. The lowest BCUT2D eigenvalue weighted by atomic mass is 9.99. The van der Waals surface area contributed by atoms with Crippen molar-refractivity contribution in [3.63, 3.8) is 0 Å². The number of ether oxygens (including phenoxy) is 3. The number of methoxy groups -OCH3 is 2. The monoisotopic (exact) mass is 575 g/mol. The number of nitrogens with one attached hydrogen (secondary N) is 1. The number of fused-ring (bicyclic) bond motifs is 2. The van der Waals surface area contributed by atoms with E-state index in [9.17, 15) is 9.59 Å². The zero-order chi connectivity index (χ0) is 29.1. The number of carbonyl (C=O) groups is 2. The second kappa shape index (κ2) is 11.7. The zero-order valence-electron chi connectivity index (χ0n) is 22.8. The molecule has 0 fully saturated rings. The number of carbonyl (C=O) groups excluding carboxylic acids is 2. The Morgan fingerprint density at radius 3 is 2.38 bits per heavy atom. The van der Waals surface area contributed by atoms with Gasteiger partial charge in [0.1, 0.15) is 0 Å². The Hall–Kier alpha value is -5.28. The third kappa shape index (κ3) is 5.37. The number of hydrogen-bond donors (Lipinski definition) is 1. The maximum Gasteiger partial charge on any atom is 0.339 e. The predicted octanol–water partition coefficient (Wildman–Crippen LogP) is 6.99. The van der Waals surface area contributed by atoms with Crippen molar-refractivity contribution in [2.45, 2.75) is 0 Å². The Labute approximate surface area is 245 Å². The topological polar surface area (TPSA) is 99.6 Å². The molecule has 0 saturated heterocycles. The highest BCUT2D eigenvalue weighted by Gasteiger charge is 2.18. The smallest absolute Gasteiger partial charge is 0.339 e. The number of thiazole rings is 1. The van der Waals surface area contributed by atoms with E-state index in [0.29, 0.717) is 44.5 Å². The normalized spacial score (nSPS) is 10.9. The average molecular weight is 576 g/mol. The lowest BCUT2D eigenvalue weighted by molar-refractivity contribution is -0.119. The highest BCUT2D eigenvalue weighted by atomic mass is 32.1. The fourth-order valence-electron chi connectivity index (χ4n) is 4.75. The van der Waals surface area contributed by atoms with Crippen molar-refractivity contribution in [3.8, 4) is 34.0 Å². The number of hydrogen-bond acceptors (Lipinski definition) is 8. The predicted molar refractivity (Wildman–Crippen MR) is 164 cm³/mol. The molecule has 1 amide bonds. The number of anilines is 1. The molecule has 1 N–H and O–H groups in total. The van der Waals surface area contributed by atoms with Gasteiger partial charge in [-0.1, -0.05) is 60.7 Å². The molecule has 8 nitrogen and oxygen atoms in total. The molecule has 0 bridgehead atoms. The Balaban J connectivity index is 1.19. The second-order valence-electron chi connectivity index (χ2n) is 9.33. The molecule has 0 aliphatic rings. The van der Waals surface area contributed by atoms with Crippen LogP contribution in [0, 0.1) is 0 Å². The number of benzene rings is 4. The van der Waals surface area contributed by atoms with Crippen molar-refractivity contribution in [2.24, 2.45) is 0 Å². The number of esters is 1. The van der Waals surface area contributed by atoms with Gasteiger partial charge in [0.2, 0.25) is 0 Å². The largest absolute Gasteiger partial charge is 0.493 e. The molecule has 0 spiro atoms. The molecular weight excluding hydrogens is 550 g/mol. The number of para-hydroxylation sites is 1. The summed E-state index contributed by atoms with van der Waals surface area (Å²) in [6.07, 6.45) is 0. The van der Waals surface area contributed by atoms with Gasteiger partial charge >= 0.3 is 5.97 Å². The number of amides is 1. The van der Waals surface area contributed by atoms with E-state index in [4.69, 9.17) is 19.2 Å². The Bertz CT molecular complexity index is 1950. The molecule has 0 saturated carbocycles. The van der Waals surface area contributed by atoms with Crippen molar-refractivity contribution >= 4 is 50.0 Å². The molecule has 9 heteroatoms. The first-order valence-corrected chi connectivity index (χ1v) is 13.9. The van der Waals surface area contributed by atoms with E-state index in [2.05, 4.69) is 10.3 Å². The summed E-state index contributed by atoms with van der Waals surface area (Å²) >= 11 is 1.27. The molecule has 0 unspecified atom stereocenters. The van der Waals surface area contributed by atoms with Crippen LogP contribution in [0.5, 0.6) is 11.5 Å². The van der Waals surface area contributed by atoms with Crippen LogP contribution in [0.2, 0.25) is 0 Å². The van der Waals surface area contributed by atoms with Crippen molar-refractivity contribution < 1.29 is 23.8 Å². The van der Waals surface area contributed by atoms with E-state index < -0.39 is 18.5 Å². The van der Waals surface area contributed by atoms with E-state index in [1.165, 1.54) is 11.3 Å². The van der Waals surface area contributed by atoms with E-state index in [0.717, 1.165) is 21.9 Å². The fraction of sp³-hybridized carbons (Fsp3) is 0.0909. The van der Waals surface area contributed by atoms with Crippen LogP contribution in [0.15, 0.2) is 96.4 Å². The third-order valence-electron chi connectivity index (χ3n) is 6.77. The van der Waals surface area contributed by atoms with Crippen LogP contribution in [0.4, 0.5) is 5.13 Å². The maximum atomic E-state index is 13.3. The van der Waals surface area contributed by atoms with Gasteiger partial charge in [-0.05, 0) is 41.1 Å². The zero-order valence-corrected chi connectivity index (χ0v) is 23.6. The van der Waals surface area contributed by atoms with E-state index in [-0.39, 0.29) is 0 Å². The van der Waals surface area contributed by atoms with Crippen molar-refractivity contribution in [3.05, 3.63) is 102 Å². The van der Waals surface area contributed by atoms with Crippen LogP contribution in [0.1, 0.15) is 10.4 Å². The molecule has 208 valence electrons. The summed E-state index contributed by atoms with van der Waals surface area (Å²) in [5.41, 5.74) is 4.01. The first kappa shape index (κ1) is 26.9. The van der Waals surface area contributed by atoms with Crippen LogP contribution >= 0.6 is 11.3 Å². The van der Waals surface area contributed by atoms with Gasteiger partial charge in [0, 0.05) is 21.9 Å². The van der Waals surface area contributed by atoms with Crippen LogP contribution in [-0.2, 0) is 9.53 Å². The summed E-state index contributed by atoms with van der Waals surface area (Å²) in [6.45, 7) is -0.468. The van der Waals surface area contributed by atoms with Gasteiger partial charge in [0.05, 0.1) is 36.7 Å². The lowest BCUT2D eigenvalue weighted by Gasteiger charge is -2.11. The van der Waals surface area contributed by atoms with E-state index >= 15 is 0 Å². The summed E-state index contributed by atoms with van der Waals surface area (Å²) in [5.74, 6) is 0.0744. The summed E-state index contributed by atoms with van der Waals surface area (Å²) in [4.78, 5) is 35.3. The summed E-state index contributed by atoms with van der Waals surface area (Å²) in [5, 5.41) is 7.65. The molecule has 6 aromatic rings. The Kier molecular flexibility index (Phi) is 7.49. The first-order chi connectivity index (χ1) is 20.5. The summed E-state index contributed by atoms with van der Waals surface area (Å²) in [7, 11) is 3.14. The quantitative estimate of drug-likeness (QED) is 0.195. The minimum absolute atomic E-state index is 0.335. The van der Waals surface area contributed by atoms with Gasteiger partial charge in [-0.3, -0.25) is 10.1 Å². The first-order valence-electron chi connectivity index (χ1n) is 13.1. The van der Waals surface area contributed by atoms with Crippen LogP contribution in [0.3, 0.4) is 0 Å².